The van der Waals surface area contributed by atoms with Crippen molar-refractivity contribution >= 4 is 57.2 Å². The first-order chi connectivity index (χ1) is 20.9. The molecule has 0 spiro atoms. The number of nitrogens with one attached hydrogen (secondary N) is 3. The summed E-state index contributed by atoms with van der Waals surface area (Å²) in [6.45, 7) is 13.7. The highest BCUT2D eigenvalue weighted by Crippen LogP contribution is 2.28. The Morgan fingerprint density at radius 3 is 0.860 bits per heavy atom. The number of hydrogen-bond acceptors (Lipinski definition) is 6. The Balaban J connectivity index is 1.90. The summed E-state index contributed by atoms with van der Waals surface area (Å²) in [5.41, 5.74) is 3.42. The Kier molecular flexibility index (Phi) is 15.1. The normalized spacial score (nSPS) is 12.1. The van der Waals surface area contributed by atoms with Crippen molar-refractivity contribution in [2.24, 2.45) is 0 Å². The van der Waals surface area contributed by atoms with Gasteiger partial charge in [0.25, 0.3) is 0 Å². The summed E-state index contributed by atoms with van der Waals surface area (Å²) in [7, 11) is -6.63. The van der Waals surface area contributed by atoms with E-state index < -0.39 is 40.1 Å². The smallest absolute Gasteiger partial charge is 0.498 e. The summed E-state index contributed by atoms with van der Waals surface area (Å²) >= 11 is -2.53. The molecule has 0 aliphatic rings. The van der Waals surface area contributed by atoms with Crippen molar-refractivity contribution in [1.82, 2.24) is 0 Å². The highest BCUT2D eigenvalue weighted by Gasteiger charge is 2.51. The van der Waals surface area contributed by atoms with Crippen molar-refractivity contribution in [3.8, 4) is 0 Å². The van der Waals surface area contributed by atoms with Crippen LogP contribution in [0.4, 0.5) is 17.1 Å². The molecular weight excluding hydrogens is 598 g/mol. The van der Waals surface area contributed by atoms with Crippen LogP contribution >= 0.6 is 0 Å². The van der Waals surface area contributed by atoms with Gasteiger partial charge < -0.3 is 26.4 Å². The summed E-state index contributed by atoms with van der Waals surface area (Å²) in [6, 6.07) is 37.6. The second-order valence-corrected chi connectivity index (χ2v) is 27.3. The largest absolute Gasteiger partial charge is 0.871 e. The molecule has 0 saturated heterocycles. The summed E-state index contributed by atoms with van der Waals surface area (Å²) in [6.07, 6.45) is 2.55. The third kappa shape index (κ3) is 10.9. The first-order valence-electron chi connectivity index (χ1n) is 16.3. The van der Waals surface area contributed by atoms with Crippen LogP contribution in [-0.4, -0.2) is 58.6 Å². The molecule has 6 nitrogen and oxygen atoms in total. The van der Waals surface area contributed by atoms with Crippen molar-refractivity contribution in [3.63, 3.8) is 0 Å². The summed E-state index contributed by atoms with van der Waals surface area (Å²) in [5.74, 6) is 0. The highest BCUT2D eigenvalue weighted by atomic mass is 28.4. The average Bonchev–Trinajstić information content (AvgIpc) is 3.08. The van der Waals surface area contributed by atoms with E-state index in [1.54, 1.807) is 0 Å². The van der Waals surface area contributed by atoms with Crippen LogP contribution in [0.3, 0.4) is 0 Å². The number of anilines is 3. The number of rotatable bonds is 21. The molecule has 0 aliphatic carbocycles. The third-order valence-corrected chi connectivity index (χ3v) is 27.6. The van der Waals surface area contributed by atoms with Crippen molar-refractivity contribution in [3.05, 3.63) is 91.0 Å². The maximum absolute atomic E-state index is 7.37. The fourth-order valence-corrected chi connectivity index (χ4v) is 21.6. The summed E-state index contributed by atoms with van der Waals surface area (Å²) < 4.78 is 22.1. The van der Waals surface area contributed by atoms with Gasteiger partial charge in [0.1, 0.15) is 0 Å². The van der Waals surface area contributed by atoms with Gasteiger partial charge in [0.05, 0.1) is 0 Å². The Bertz CT molecular complexity index is 1010. The van der Waals surface area contributed by atoms with E-state index in [-0.39, 0.29) is 0 Å². The maximum atomic E-state index is 7.37. The molecule has 3 N–H and O–H groups in total. The minimum absolute atomic E-state index is 0.852. The molecule has 0 saturated carbocycles. The lowest BCUT2D eigenvalue weighted by Crippen LogP contribution is -2.60. The Morgan fingerprint density at radius 2 is 0.651 bits per heavy atom. The van der Waals surface area contributed by atoms with Gasteiger partial charge in [-0.05, 0) is 72.7 Å². The van der Waals surface area contributed by atoms with E-state index in [0.29, 0.717) is 0 Å². The van der Waals surface area contributed by atoms with Gasteiger partial charge >= 0.3 is 15.1 Å². The Hall–Kier alpha value is -1.88. The predicted molar refractivity (Wildman–Crippen MR) is 194 cm³/mol. The lowest BCUT2D eigenvalue weighted by atomic mass is 10.3. The molecule has 3 aromatic carbocycles. The Morgan fingerprint density at radius 1 is 0.419 bits per heavy atom. The van der Waals surface area contributed by atoms with Crippen LogP contribution < -0.4 is 16.0 Å². The molecule has 0 amide bonds. The fourth-order valence-electron chi connectivity index (χ4n) is 5.27. The van der Waals surface area contributed by atoms with E-state index in [1.165, 1.54) is 0 Å². The summed E-state index contributed by atoms with van der Waals surface area (Å²) in [4.78, 5) is 0. The third-order valence-electron chi connectivity index (χ3n) is 9.07. The van der Waals surface area contributed by atoms with E-state index in [2.05, 4.69) is 148 Å². The molecule has 0 aliphatic heterocycles. The van der Waals surface area contributed by atoms with Crippen molar-refractivity contribution < 1.29 is 10.4 Å². The molecule has 3 aromatic rings. The van der Waals surface area contributed by atoms with Crippen LogP contribution in [0.1, 0.15) is 41.5 Å². The number of para-hydroxylation sites is 3. The van der Waals surface area contributed by atoms with Crippen LogP contribution in [-0.2, 0) is 10.4 Å². The quantitative estimate of drug-likeness (QED) is 0.100. The lowest BCUT2D eigenvalue weighted by Gasteiger charge is -2.41. The number of benzene rings is 3. The maximum Gasteiger partial charge on any atom is 0.871 e. The van der Waals surface area contributed by atoms with Crippen LogP contribution in [0.5, 0.6) is 0 Å². The molecule has 0 atom stereocenters. The molecule has 0 heterocycles. The zero-order valence-corrected chi connectivity index (χ0v) is 31.5. The van der Waals surface area contributed by atoms with E-state index in [1.807, 2.05) is 0 Å². The summed E-state index contributed by atoms with van der Waals surface area (Å²) in [5, 5.41) is 11.1. The van der Waals surface area contributed by atoms with Gasteiger partial charge in [-0.15, -0.1) is 0 Å². The monoisotopic (exact) mass is 651 g/mol. The van der Waals surface area contributed by atoms with Gasteiger partial charge in [-0.25, -0.2) is 0 Å². The molecule has 0 aromatic heterocycles. The van der Waals surface area contributed by atoms with Gasteiger partial charge in [-0.2, -0.15) is 0 Å². The minimum Gasteiger partial charge on any atom is -0.498 e. The van der Waals surface area contributed by atoms with E-state index in [9.17, 15) is 0 Å². The van der Waals surface area contributed by atoms with Gasteiger partial charge in [0.2, 0.25) is 0 Å². The van der Waals surface area contributed by atoms with Crippen LogP contribution in [0.2, 0.25) is 36.3 Å². The van der Waals surface area contributed by atoms with Crippen molar-refractivity contribution in [2.45, 2.75) is 77.8 Å². The molecule has 3 rings (SSSR count). The minimum atomic E-state index is -2.53. The van der Waals surface area contributed by atoms with E-state index in [0.717, 1.165) is 71.8 Å². The van der Waals surface area contributed by atoms with Crippen LogP contribution in [0, 0.1) is 0 Å². The lowest BCUT2D eigenvalue weighted by molar-refractivity contribution is 0.286. The molecule has 0 unspecified atom stereocenters. The molecule has 0 bridgehead atoms. The molecule has 234 valence electrons. The molecule has 10 heteroatoms. The predicted octanol–water partition coefficient (Wildman–Crippen LogP) is 8.93. The molecule has 0 radical (unpaired) electrons. The molecular formula is C33H54AlN3O3Si3. The highest BCUT2D eigenvalue weighted by molar-refractivity contribution is 6.86. The standard InChI is InChI=1S/3C11H18NOSi.Al/c3*1-3-14(13,4-2)10-12-11-8-6-5-7-9-11;/h3*5-9,12H,3-4,10H2,1-2H3;/q3*-1;+3. The van der Waals surface area contributed by atoms with Crippen molar-refractivity contribution in [2.75, 3.05) is 34.5 Å². The zero-order chi connectivity index (χ0) is 31.0. The molecule has 43 heavy (non-hydrogen) atoms. The zero-order valence-electron chi connectivity index (χ0n) is 27.3. The van der Waals surface area contributed by atoms with Gasteiger partial charge in [0, 0.05) is 35.6 Å². The van der Waals surface area contributed by atoms with E-state index >= 15 is 0 Å². The second kappa shape index (κ2) is 18.2. The fraction of sp³-hybridized carbons (Fsp3) is 0.455. The van der Waals surface area contributed by atoms with Crippen LogP contribution in [0.15, 0.2) is 91.0 Å². The van der Waals surface area contributed by atoms with Gasteiger partial charge in [-0.3, -0.25) is 0 Å². The number of hydrogen-bond donors (Lipinski definition) is 3. The van der Waals surface area contributed by atoms with Crippen LogP contribution in [0.25, 0.3) is 0 Å². The topological polar surface area (TPSA) is 63.8 Å². The first-order valence-corrected chi connectivity index (χ1v) is 25.3. The Labute approximate surface area is 269 Å². The molecule has 0 fully saturated rings. The first kappa shape index (κ1) is 35.6. The van der Waals surface area contributed by atoms with Gasteiger partial charge in [-0.1, -0.05) is 96.1 Å². The average molecular weight is 652 g/mol. The second-order valence-electron chi connectivity index (χ2n) is 11.5. The van der Waals surface area contributed by atoms with E-state index in [4.69, 9.17) is 10.4 Å². The van der Waals surface area contributed by atoms with Crippen molar-refractivity contribution in [1.29, 1.82) is 0 Å². The van der Waals surface area contributed by atoms with Gasteiger partial charge in [0.15, 0.2) is 25.0 Å². The SMILES string of the molecule is CC[Si](CC)(CNc1ccccc1)[O][Al]([O][Si](CC)(CC)CNc1ccccc1)[O][Si](CC)(CC)CNc1ccccc1.